The van der Waals surface area contributed by atoms with Crippen molar-refractivity contribution < 1.29 is 15.3 Å². The van der Waals surface area contributed by atoms with Gasteiger partial charge in [0.05, 0.1) is 12.2 Å². The second kappa shape index (κ2) is 10.8. The van der Waals surface area contributed by atoms with Crippen molar-refractivity contribution in [2.75, 3.05) is 6.61 Å². The third-order valence-corrected chi connectivity index (χ3v) is 9.11. The molecule has 31 heavy (non-hydrogen) atoms. The smallest absolute Gasteiger partial charge is 0.0811 e. The Labute approximate surface area is 190 Å². The van der Waals surface area contributed by atoms with Crippen LogP contribution in [0.25, 0.3) is 0 Å². The maximum Gasteiger partial charge on any atom is 0.0811 e. The molecular weight excluding hydrogens is 384 g/mol. The lowest BCUT2D eigenvalue weighted by atomic mass is 9.59. The number of unbranched alkanes of at least 4 members (excludes halogenated alkanes) is 1. The van der Waals surface area contributed by atoms with Crippen molar-refractivity contribution in [3.63, 3.8) is 0 Å². The van der Waals surface area contributed by atoms with Gasteiger partial charge in [-0.1, -0.05) is 64.3 Å². The fourth-order valence-corrected chi connectivity index (χ4v) is 7.24. The summed E-state index contributed by atoms with van der Waals surface area (Å²) in [5.74, 6) is 2.67. The molecule has 7 atom stereocenters. The summed E-state index contributed by atoms with van der Waals surface area (Å²) in [5, 5.41) is 29.9. The highest BCUT2D eigenvalue weighted by Gasteiger charge is 2.51. The Kier molecular flexibility index (Phi) is 8.63. The minimum absolute atomic E-state index is 0.311. The molecule has 0 aromatic heterocycles. The van der Waals surface area contributed by atoms with E-state index in [0.29, 0.717) is 42.6 Å². The van der Waals surface area contributed by atoms with Gasteiger partial charge in [-0.15, -0.1) is 0 Å². The lowest BCUT2D eigenvalue weighted by molar-refractivity contribution is 0.0615. The quantitative estimate of drug-likeness (QED) is 0.446. The Hall–Kier alpha value is -0.900. The van der Waals surface area contributed by atoms with Gasteiger partial charge in [-0.3, -0.25) is 0 Å². The van der Waals surface area contributed by atoms with Crippen LogP contribution in [0.15, 0.2) is 35.5 Å². The fourth-order valence-electron chi connectivity index (χ4n) is 7.24. The summed E-state index contributed by atoms with van der Waals surface area (Å²) in [7, 11) is 0. The van der Waals surface area contributed by atoms with Gasteiger partial charge >= 0.3 is 0 Å². The highest BCUT2D eigenvalue weighted by molar-refractivity contribution is 5.38. The van der Waals surface area contributed by atoms with Crippen LogP contribution in [0, 0.1) is 29.1 Å². The molecule has 3 saturated carbocycles. The lowest BCUT2D eigenvalue weighted by Gasteiger charge is -2.46. The van der Waals surface area contributed by atoms with Gasteiger partial charge in [0.2, 0.25) is 0 Å². The zero-order chi connectivity index (χ0) is 22.6. The molecule has 0 unspecified atom stereocenters. The van der Waals surface area contributed by atoms with Crippen molar-refractivity contribution in [3.8, 4) is 0 Å². The topological polar surface area (TPSA) is 60.7 Å². The van der Waals surface area contributed by atoms with Crippen molar-refractivity contribution >= 4 is 0 Å². The van der Waals surface area contributed by atoms with Gasteiger partial charge < -0.3 is 15.3 Å². The molecule has 0 aromatic carbocycles. The molecule has 3 aliphatic carbocycles. The molecule has 3 nitrogen and oxygen atoms in total. The first-order valence-electron chi connectivity index (χ1n) is 12.9. The van der Waals surface area contributed by atoms with Crippen molar-refractivity contribution in [1.82, 2.24) is 0 Å². The van der Waals surface area contributed by atoms with E-state index in [4.69, 9.17) is 0 Å². The van der Waals surface area contributed by atoms with Crippen molar-refractivity contribution in [2.45, 2.75) is 104 Å². The molecule has 3 heteroatoms. The number of aliphatic hydroxyl groups is 3. The highest BCUT2D eigenvalue weighted by atomic mass is 16.3. The summed E-state index contributed by atoms with van der Waals surface area (Å²) in [6.07, 6.45) is 15.3. The maximum atomic E-state index is 10.2. The van der Waals surface area contributed by atoms with E-state index in [0.717, 1.165) is 23.5 Å². The molecule has 0 amide bonds. The molecule has 176 valence electrons. The van der Waals surface area contributed by atoms with Crippen LogP contribution in [0.5, 0.6) is 0 Å². The van der Waals surface area contributed by atoms with E-state index < -0.39 is 12.2 Å². The van der Waals surface area contributed by atoms with Crippen LogP contribution >= 0.6 is 0 Å². The first-order valence-corrected chi connectivity index (χ1v) is 12.9. The Morgan fingerprint density at radius 1 is 1.19 bits per heavy atom. The van der Waals surface area contributed by atoms with Crippen LogP contribution in [0.3, 0.4) is 0 Å². The van der Waals surface area contributed by atoms with E-state index in [9.17, 15) is 15.3 Å². The Morgan fingerprint density at radius 2 is 1.97 bits per heavy atom. The number of allylic oxidation sites excluding steroid dienone is 3. The van der Waals surface area contributed by atoms with Gasteiger partial charge in [0.15, 0.2) is 0 Å². The lowest BCUT2D eigenvalue weighted by Crippen LogP contribution is -2.38. The summed E-state index contributed by atoms with van der Waals surface area (Å²) >= 11 is 0. The first kappa shape index (κ1) is 24.7. The number of hydrogen-bond acceptors (Lipinski definition) is 3. The molecule has 0 aromatic rings. The largest absolute Gasteiger partial charge is 0.396 e. The van der Waals surface area contributed by atoms with Crippen LogP contribution in [0.1, 0.15) is 91.4 Å². The van der Waals surface area contributed by atoms with Crippen LogP contribution in [0.2, 0.25) is 0 Å². The molecule has 0 aliphatic heterocycles. The normalized spacial score (nSPS) is 38.5. The van der Waals surface area contributed by atoms with E-state index in [1.807, 2.05) is 0 Å². The zero-order valence-corrected chi connectivity index (χ0v) is 20.2. The fraction of sp³-hybridized carbons (Fsp3) is 0.786. The van der Waals surface area contributed by atoms with Crippen LogP contribution in [-0.4, -0.2) is 34.1 Å². The summed E-state index contributed by atoms with van der Waals surface area (Å²) in [6, 6.07) is 0. The van der Waals surface area contributed by atoms with Gasteiger partial charge in [0.25, 0.3) is 0 Å². The van der Waals surface area contributed by atoms with E-state index in [-0.39, 0.29) is 0 Å². The predicted octanol–water partition coefficient (Wildman–Crippen LogP) is 5.95. The number of aliphatic hydroxyl groups excluding tert-OH is 3. The third-order valence-electron chi connectivity index (χ3n) is 9.11. The molecule has 0 radical (unpaired) electrons. The monoisotopic (exact) mass is 430 g/mol. The molecular formula is C28H46O3. The molecule has 0 bridgehead atoms. The number of fused-ring (bicyclic) bond motifs is 1. The predicted molar refractivity (Wildman–Crippen MR) is 129 cm³/mol. The van der Waals surface area contributed by atoms with Crippen molar-refractivity contribution in [2.24, 2.45) is 29.1 Å². The first-order chi connectivity index (χ1) is 14.8. The number of hydrogen-bond donors (Lipinski definition) is 3. The van der Waals surface area contributed by atoms with Crippen LogP contribution < -0.4 is 0 Å². The Bertz CT molecular complexity index is 678. The molecule has 3 N–H and O–H groups in total. The molecule has 3 fully saturated rings. The average molecular weight is 431 g/mol. The third kappa shape index (κ3) is 5.37. The minimum atomic E-state index is -0.617. The summed E-state index contributed by atoms with van der Waals surface area (Å²) < 4.78 is 0. The summed E-state index contributed by atoms with van der Waals surface area (Å²) in [6.45, 7) is 11.6. The van der Waals surface area contributed by atoms with Gasteiger partial charge in [-0.25, -0.2) is 0 Å². The molecule has 3 aliphatic rings. The zero-order valence-electron chi connectivity index (χ0n) is 20.2. The highest BCUT2D eigenvalue weighted by Crippen LogP contribution is 2.60. The van der Waals surface area contributed by atoms with Crippen LogP contribution in [0.4, 0.5) is 0 Å². The molecule has 0 heterocycles. The summed E-state index contributed by atoms with van der Waals surface area (Å²) in [4.78, 5) is 0. The molecule has 3 rings (SSSR count). The SMILES string of the molecule is C=C1/C(=C\C=C2/CCC[C@]3(C)[C@@H]([C@H](C)[C@H](CCO)CCCC)CC[C@@H]23)C[C@@H](O)C[C@@H]1O. The summed E-state index contributed by atoms with van der Waals surface area (Å²) in [5.41, 5.74) is 3.70. The standard InChI is InChI=1S/C28H46O3/c1-5-6-8-21(14-16-29)19(2)25-12-13-26-22(9-7-15-28(25,26)4)10-11-23-17-24(30)18-27(31)20(23)3/h10-11,19,21,24-27,29-31H,3,5-9,12-18H2,1-2,4H3/b22-10+,23-11-/t19-,21+,24-,25-,26+,27+,28-/m1/s1. The van der Waals surface area contributed by atoms with Gasteiger partial charge in [-0.2, -0.15) is 0 Å². The second-order valence-corrected chi connectivity index (χ2v) is 10.9. The Balaban J connectivity index is 1.78. The molecule has 0 saturated heterocycles. The van der Waals surface area contributed by atoms with Crippen LogP contribution in [-0.2, 0) is 0 Å². The minimum Gasteiger partial charge on any atom is -0.396 e. The average Bonchev–Trinajstić information content (AvgIpc) is 3.09. The second-order valence-electron chi connectivity index (χ2n) is 10.9. The van der Waals surface area contributed by atoms with Crippen molar-refractivity contribution in [1.29, 1.82) is 0 Å². The maximum absolute atomic E-state index is 10.2. The van der Waals surface area contributed by atoms with Gasteiger partial charge in [-0.05, 0) is 85.2 Å². The van der Waals surface area contributed by atoms with E-state index >= 15 is 0 Å². The van der Waals surface area contributed by atoms with Gasteiger partial charge in [0, 0.05) is 13.0 Å². The van der Waals surface area contributed by atoms with Crippen molar-refractivity contribution in [3.05, 3.63) is 35.5 Å². The number of rotatable bonds is 8. The molecule has 0 spiro atoms. The Morgan fingerprint density at radius 3 is 2.68 bits per heavy atom. The van der Waals surface area contributed by atoms with Gasteiger partial charge in [0.1, 0.15) is 0 Å². The van der Waals surface area contributed by atoms with E-state index in [1.165, 1.54) is 51.4 Å². The van der Waals surface area contributed by atoms with E-state index in [2.05, 4.69) is 39.5 Å². The van der Waals surface area contributed by atoms with E-state index in [1.54, 1.807) is 5.57 Å².